The van der Waals surface area contributed by atoms with Crippen LogP contribution in [0.4, 0.5) is 0 Å². The largest absolute Gasteiger partial charge is 1.00 e. The number of hydrogen-bond acceptors (Lipinski definition) is 2. The fourth-order valence-corrected chi connectivity index (χ4v) is 1.90. The maximum Gasteiger partial charge on any atom is 1.00 e. The quantitative estimate of drug-likeness (QED) is 0.597. The van der Waals surface area contributed by atoms with E-state index in [-0.39, 0.29) is 22.4 Å². The average molecular weight is 299 g/mol. The van der Waals surface area contributed by atoms with Crippen molar-refractivity contribution in [2.75, 3.05) is 0 Å². The summed E-state index contributed by atoms with van der Waals surface area (Å²) in [5.74, 6) is 0. The molecule has 4 heteroatoms. The molecule has 0 aliphatic heterocycles. The first kappa shape index (κ1) is 11.6. The molecule has 0 spiro atoms. The summed E-state index contributed by atoms with van der Waals surface area (Å²) in [5, 5.41) is 1.72. The Kier molecular flexibility index (Phi) is 4.04. The van der Waals surface area contributed by atoms with Gasteiger partial charge in [-0.2, -0.15) is 0 Å². The van der Waals surface area contributed by atoms with E-state index in [0.29, 0.717) is 4.90 Å². The zero-order chi connectivity index (χ0) is 9.26. The SMILES string of the molecule is O=S([O-])c1cccc2ccccc12.[Ag+]. The normalized spacial score (nSPS) is 12.1. The van der Waals surface area contributed by atoms with Gasteiger partial charge in [0, 0.05) is 4.90 Å². The average Bonchev–Trinajstić information content (AvgIpc) is 2.17. The predicted octanol–water partition coefficient (Wildman–Crippen LogP) is 2.08. The molecule has 0 N–H and O–H groups in total. The topological polar surface area (TPSA) is 40.1 Å². The van der Waals surface area contributed by atoms with E-state index in [2.05, 4.69) is 0 Å². The van der Waals surface area contributed by atoms with E-state index in [1.807, 2.05) is 24.3 Å². The maximum atomic E-state index is 10.8. The Hall–Kier alpha value is -0.450. The van der Waals surface area contributed by atoms with Crippen LogP contribution in [0, 0.1) is 0 Å². The fraction of sp³-hybridized carbons (Fsp3) is 0. The van der Waals surface area contributed by atoms with Crippen LogP contribution in [0.2, 0.25) is 0 Å². The first-order chi connectivity index (χ1) is 6.29. The zero-order valence-corrected chi connectivity index (χ0v) is 9.37. The minimum atomic E-state index is -2.15. The molecule has 0 aliphatic carbocycles. The van der Waals surface area contributed by atoms with Crippen molar-refractivity contribution in [3.63, 3.8) is 0 Å². The summed E-state index contributed by atoms with van der Waals surface area (Å²) in [6.07, 6.45) is 0. The second kappa shape index (κ2) is 4.87. The molecule has 0 amide bonds. The second-order valence-corrected chi connectivity index (χ2v) is 3.62. The van der Waals surface area contributed by atoms with E-state index >= 15 is 0 Å². The van der Waals surface area contributed by atoms with Crippen molar-refractivity contribution in [1.82, 2.24) is 0 Å². The van der Waals surface area contributed by atoms with Crippen LogP contribution < -0.4 is 0 Å². The minimum absolute atomic E-state index is 0. The van der Waals surface area contributed by atoms with Crippen molar-refractivity contribution in [2.24, 2.45) is 0 Å². The molecule has 0 bridgehead atoms. The first-order valence-electron chi connectivity index (χ1n) is 3.86. The summed E-state index contributed by atoms with van der Waals surface area (Å²) in [7, 11) is 0. The third-order valence-electron chi connectivity index (χ3n) is 1.93. The van der Waals surface area contributed by atoms with Crippen molar-refractivity contribution < 1.29 is 31.1 Å². The van der Waals surface area contributed by atoms with Gasteiger partial charge in [-0.25, -0.2) is 0 Å². The molecular weight excluding hydrogens is 292 g/mol. The third-order valence-corrected chi connectivity index (χ3v) is 2.64. The van der Waals surface area contributed by atoms with Gasteiger partial charge in [0.15, 0.2) is 0 Å². The third kappa shape index (κ3) is 2.13. The summed E-state index contributed by atoms with van der Waals surface area (Å²) in [5.41, 5.74) is 0. The van der Waals surface area contributed by atoms with Gasteiger partial charge in [-0.15, -0.1) is 0 Å². The number of benzene rings is 2. The summed E-state index contributed by atoms with van der Waals surface area (Å²) in [4.78, 5) is 0.359. The molecule has 76 valence electrons. The molecule has 0 aromatic heterocycles. The molecule has 2 rings (SSSR count). The Labute approximate surface area is 100 Å². The molecule has 1 unspecified atom stereocenters. The summed E-state index contributed by atoms with van der Waals surface area (Å²) < 4.78 is 21.6. The number of rotatable bonds is 1. The minimum Gasteiger partial charge on any atom is -0.768 e. The number of fused-ring (bicyclic) bond motifs is 1. The van der Waals surface area contributed by atoms with E-state index in [0.717, 1.165) is 10.8 Å². The first-order valence-corrected chi connectivity index (χ1v) is 4.93. The van der Waals surface area contributed by atoms with Crippen molar-refractivity contribution in [1.29, 1.82) is 0 Å². The van der Waals surface area contributed by atoms with Crippen molar-refractivity contribution in [2.45, 2.75) is 4.90 Å². The smallest absolute Gasteiger partial charge is 0.768 e. The van der Waals surface area contributed by atoms with Gasteiger partial charge in [-0.3, -0.25) is 4.21 Å². The van der Waals surface area contributed by atoms with Crippen LogP contribution in [0.3, 0.4) is 0 Å². The van der Waals surface area contributed by atoms with E-state index < -0.39 is 11.1 Å². The van der Waals surface area contributed by atoms with Gasteiger partial charge in [-0.05, 0) is 27.9 Å². The standard InChI is InChI=1S/C10H8O2S.Ag/c11-13(12)10-7-3-5-8-4-1-2-6-9(8)10;/h1-7H,(H,11,12);/q;+1/p-1. The Bertz CT molecular complexity index is 465. The molecule has 2 nitrogen and oxygen atoms in total. The number of hydrogen-bond donors (Lipinski definition) is 0. The molecule has 2 aromatic carbocycles. The molecule has 0 fully saturated rings. The van der Waals surface area contributed by atoms with Crippen LogP contribution in [-0.4, -0.2) is 8.76 Å². The van der Waals surface area contributed by atoms with Gasteiger partial charge < -0.3 is 4.55 Å². The van der Waals surface area contributed by atoms with Gasteiger partial charge in [0.1, 0.15) is 0 Å². The van der Waals surface area contributed by atoms with Gasteiger partial charge in [-0.1, -0.05) is 36.4 Å². The fourth-order valence-electron chi connectivity index (χ4n) is 1.34. The van der Waals surface area contributed by atoms with Crippen molar-refractivity contribution in [3.8, 4) is 0 Å². The van der Waals surface area contributed by atoms with Gasteiger partial charge in [0.2, 0.25) is 0 Å². The van der Waals surface area contributed by atoms with Crippen LogP contribution in [0.15, 0.2) is 47.4 Å². The van der Waals surface area contributed by atoms with Gasteiger partial charge >= 0.3 is 22.4 Å². The molecule has 0 saturated heterocycles. The molecule has 0 saturated carbocycles. The monoisotopic (exact) mass is 298 g/mol. The maximum absolute atomic E-state index is 10.8. The van der Waals surface area contributed by atoms with Gasteiger partial charge in [0.05, 0.1) is 0 Å². The Morgan fingerprint density at radius 3 is 2.36 bits per heavy atom. The predicted molar refractivity (Wildman–Crippen MR) is 51.1 cm³/mol. The summed E-state index contributed by atoms with van der Waals surface area (Å²) in [6.45, 7) is 0. The summed E-state index contributed by atoms with van der Waals surface area (Å²) in [6, 6.07) is 12.7. The molecule has 0 radical (unpaired) electrons. The van der Waals surface area contributed by atoms with Crippen LogP contribution in [-0.2, 0) is 33.5 Å². The van der Waals surface area contributed by atoms with Crippen LogP contribution in [0.5, 0.6) is 0 Å². The van der Waals surface area contributed by atoms with E-state index in [9.17, 15) is 8.76 Å². The Balaban J connectivity index is 0.000000980. The van der Waals surface area contributed by atoms with Gasteiger partial charge in [0.25, 0.3) is 0 Å². The molecule has 0 aliphatic rings. The van der Waals surface area contributed by atoms with Crippen LogP contribution in [0.1, 0.15) is 0 Å². The Morgan fingerprint density at radius 2 is 1.64 bits per heavy atom. The van der Waals surface area contributed by atoms with Crippen molar-refractivity contribution in [3.05, 3.63) is 42.5 Å². The molecular formula is C10H7AgO2S. The summed E-state index contributed by atoms with van der Waals surface area (Å²) >= 11 is -2.15. The zero-order valence-electron chi connectivity index (χ0n) is 7.07. The van der Waals surface area contributed by atoms with Crippen LogP contribution in [0.25, 0.3) is 10.8 Å². The van der Waals surface area contributed by atoms with E-state index in [4.69, 9.17) is 0 Å². The van der Waals surface area contributed by atoms with E-state index in [1.165, 1.54) is 0 Å². The Morgan fingerprint density at radius 1 is 1.00 bits per heavy atom. The molecule has 1 atom stereocenters. The molecule has 0 heterocycles. The molecule has 2 aromatic rings. The molecule has 14 heavy (non-hydrogen) atoms. The van der Waals surface area contributed by atoms with E-state index in [1.54, 1.807) is 18.2 Å². The second-order valence-electron chi connectivity index (χ2n) is 2.71. The van der Waals surface area contributed by atoms with Crippen LogP contribution >= 0.6 is 0 Å². The van der Waals surface area contributed by atoms with Crippen molar-refractivity contribution >= 4 is 21.9 Å².